The first-order valence-electron chi connectivity index (χ1n) is 9.53. The molecular formula is C24H24N2O2. The number of ether oxygens (including phenoxy) is 2. The molecule has 0 fully saturated rings. The van der Waals surface area contributed by atoms with Crippen molar-refractivity contribution in [2.24, 2.45) is 0 Å². The number of hydrogen-bond acceptors (Lipinski definition) is 3. The molecule has 3 aromatic carbocycles. The fourth-order valence-corrected chi connectivity index (χ4v) is 3.42. The first kappa shape index (κ1) is 18.1. The maximum Gasteiger partial charge on any atom is 0.148 e. The molecule has 0 N–H and O–H groups in total. The summed E-state index contributed by atoms with van der Waals surface area (Å²) in [6.45, 7) is 5.86. The van der Waals surface area contributed by atoms with E-state index in [2.05, 4.69) is 42.7 Å². The van der Waals surface area contributed by atoms with Crippen molar-refractivity contribution in [1.82, 2.24) is 9.55 Å². The summed E-state index contributed by atoms with van der Waals surface area (Å²) in [7, 11) is 0. The van der Waals surface area contributed by atoms with E-state index in [1.54, 1.807) is 0 Å². The normalized spacial score (nSPS) is 10.9. The lowest BCUT2D eigenvalue weighted by Gasteiger charge is -2.14. The van der Waals surface area contributed by atoms with E-state index in [-0.39, 0.29) is 0 Å². The van der Waals surface area contributed by atoms with E-state index in [1.165, 1.54) is 0 Å². The molecule has 0 amide bonds. The molecule has 4 heteroatoms. The van der Waals surface area contributed by atoms with Gasteiger partial charge in [-0.15, -0.1) is 0 Å². The van der Waals surface area contributed by atoms with E-state index < -0.39 is 0 Å². The Morgan fingerprint density at radius 3 is 2.29 bits per heavy atom. The Balaban J connectivity index is 1.53. The van der Waals surface area contributed by atoms with E-state index in [9.17, 15) is 0 Å². The van der Waals surface area contributed by atoms with Crippen molar-refractivity contribution < 1.29 is 9.47 Å². The molecule has 1 heterocycles. The van der Waals surface area contributed by atoms with Crippen LogP contribution >= 0.6 is 0 Å². The first-order chi connectivity index (χ1) is 13.7. The van der Waals surface area contributed by atoms with Gasteiger partial charge in [0.1, 0.15) is 30.5 Å². The zero-order valence-corrected chi connectivity index (χ0v) is 16.3. The van der Waals surface area contributed by atoms with Crippen molar-refractivity contribution in [3.8, 4) is 11.5 Å². The van der Waals surface area contributed by atoms with Gasteiger partial charge < -0.3 is 14.0 Å². The highest BCUT2D eigenvalue weighted by Crippen LogP contribution is 2.23. The molecule has 0 bridgehead atoms. The Morgan fingerprint density at radius 1 is 0.786 bits per heavy atom. The second-order valence-corrected chi connectivity index (χ2v) is 6.84. The number of fused-ring (bicyclic) bond motifs is 1. The minimum absolute atomic E-state index is 0.419. The summed E-state index contributed by atoms with van der Waals surface area (Å²) < 4.78 is 14.2. The predicted molar refractivity (Wildman–Crippen MR) is 112 cm³/mol. The Labute approximate surface area is 165 Å². The topological polar surface area (TPSA) is 36.3 Å². The fourth-order valence-electron chi connectivity index (χ4n) is 3.42. The molecule has 0 spiro atoms. The fraction of sp³-hybridized carbons (Fsp3) is 0.208. The average molecular weight is 372 g/mol. The molecule has 142 valence electrons. The van der Waals surface area contributed by atoms with E-state index >= 15 is 0 Å². The monoisotopic (exact) mass is 372 g/mol. The van der Waals surface area contributed by atoms with Gasteiger partial charge in [0.05, 0.1) is 17.6 Å². The van der Waals surface area contributed by atoms with Gasteiger partial charge in [-0.2, -0.15) is 0 Å². The van der Waals surface area contributed by atoms with Crippen LogP contribution in [0.25, 0.3) is 11.0 Å². The Kier molecular flexibility index (Phi) is 5.29. The quantitative estimate of drug-likeness (QED) is 0.441. The SMILES string of the molecule is Cc1cccc(C)c1OCCn1c(COc2ccccc2)nc2ccccc21. The van der Waals surface area contributed by atoms with Crippen LogP contribution in [0.1, 0.15) is 17.0 Å². The summed E-state index contributed by atoms with van der Waals surface area (Å²) in [5.74, 6) is 2.71. The van der Waals surface area contributed by atoms with Crippen LogP contribution in [-0.2, 0) is 13.2 Å². The maximum absolute atomic E-state index is 6.12. The molecule has 4 rings (SSSR count). The molecule has 1 aromatic heterocycles. The minimum Gasteiger partial charge on any atom is -0.491 e. The van der Waals surface area contributed by atoms with Gasteiger partial charge in [0.15, 0.2) is 0 Å². The molecular weight excluding hydrogens is 348 g/mol. The summed E-state index contributed by atoms with van der Waals surface area (Å²) in [6, 6.07) is 24.2. The predicted octanol–water partition coefficient (Wildman–Crippen LogP) is 5.31. The van der Waals surface area contributed by atoms with Gasteiger partial charge in [-0.05, 0) is 49.2 Å². The van der Waals surface area contributed by atoms with Crippen molar-refractivity contribution >= 4 is 11.0 Å². The molecule has 0 atom stereocenters. The minimum atomic E-state index is 0.419. The van der Waals surface area contributed by atoms with Crippen molar-refractivity contribution in [2.45, 2.75) is 27.0 Å². The highest BCUT2D eigenvalue weighted by Gasteiger charge is 2.12. The number of para-hydroxylation sites is 4. The third kappa shape index (κ3) is 3.86. The van der Waals surface area contributed by atoms with Gasteiger partial charge in [-0.3, -0.25) is 0 Å². The van der Waals surface area contributed by atoms with Crippen LogP contribution in [0.3, 0.4) is 0 Å². The van der Waals surface area contributed by atoms with Gasteiger partial charge >= 0.3 is 0 Å². The zero-order valence-electron chi connectivity index (χ0n) is 16.3. The number of aromatic nitrogens is 2. The molecule has 4 nitrogen and oxygen atoms in total. The molecule has 0 radical (unpaired) electrons. The Hall–Kier alpha value is -3.27. The number of nitrogens with zero attached hydrogens (tertiary/aromatic N) is 2. The second-order valence-electron chi connectivity index (χ2n) is 6.84. The van der Waals surface area contributed by atoms with E-state index in [4.69, 9.17) is 14.5 Å². The van der Waals surface area contributed by atoms with Crippen LogP contribution in [0.2, 0.25) is 0 Å². The number of rotatable bonds is 7. The second kappa shape index (κ2) is 8.17. The molecule has 0 saturated heterocycles. The van der Waals surface area contributed by atoms with Crippen molar-refractivity contribution in [3.05, 3.63) is 89.7 Å². The third-order valence-corrected chi connectivity index (χ3v) is 4.81. The Morgan fingerprint density at radius 2 is 1.50 bits per heavy atom. The Bertz CT molecular complexity index is 1050. The van der Waals surface area contributed by atoms with Crippen LogP contribution < -0.4 is 9.47 Å². The smallest absolute Gasteiger partial charge is 0.148 e. The van der Waals surface area contributed by atoms with Crippen LogP contribution in [0.5, 0.6) is 11.5 Å². The van der Waals surface area contributed by atoms with Gasteiger partial charge in [-0.25, -0.2) is 4.98 Å². The molecule has 0 aliphatic carbocycles. The lowest BCUT2D eigenvalue weighted by Crippen LogP contribution is -2.13. The number of aryl methyl sites for hydroxylation is 2. The van der Waals surface area contributed by atoms with Gasteiger partial charge in [0.2, 0.25) is 0 Å². The molecule has 28 heavy (non-hydrogen) atoms. The van der Waals surface area contributed by atoms with Gasteiger partial charge in [0, 0.05) is 0 Å². The van der Waals surface area contributed by atoms with E-state index in [0.29, 0.717) is 19.8 Å². The lowest BCUT2D eigenvalue weighted by atomic mass is 10.1. The average Bonchev–Trinajstić information content (AvgIpc) is 3.07. The van der Waals surface area contributed by atoms with Crippen LogP contribution in [-0.4, -0.2) is 16.2 Å². The summed E-state index contributed by atoms with van der Waals surface area (Å²) in [5, 5.41) is 0. The van der Waals surface area contributed by atoms with Crippen LogP contribution in [0.4, 0.5) is 0 Å². The molecule has 0 aliphatic heterocycles. The summed E-state index contributed by atoms with van der Waals surface area (Å²) in [5.41, 5.74) is 4.38. The molecule has 0 saturated carbocycles. The summed E-state index contributed by atoms with van der Waals surface area (Å²) >= 11 is 0. The molecule has 0 aliphatic rings. The van der Waals surface area contributed by atoms with Crippen molar-refractivity contribution in [2.75, 3.05) is 6.61 Å². The van der Waals surface area contributed by atoms with Crippen molar-refractivity contribution in [3.63, 3.8) is 0 Å². The highest BCUT2D eigenvalue weighted by molar-refractivity contribution is 5.75. The van der Waals surface area contributed by atoms with E-state index in [0.717, 1.165) is 39.5 Å². The number of imidazole rings is 1. The van der Waals surface area contributed by atoms with Crippen molar-refractivity contribution in [1.29, 1.82) is 0 Å². The summed E-state index contributed by atoms with van der Waals surface area (Å²) in [6.07, 6.45) is 0. The van der Waals surface area contributed by atoms with Gasteiger partial charge in [0.25, 0.3) is 0 Å². The van der Waals surface area contributed by atoms with E-state index in [1.807, 2.05) is 48.5 Å². The number of benzene rings is 3. The third-order valence-electron chi connectivity index (χ3n) is 4.81. The largest absolute Gasteiger partial charge is 0.491 e. The molecule has 0 unspecified atom stereocenters. The van der Waals surface area contributed by atoms with Crippen LogP contribution in [0, 0.1) is 13.8 Å². The van der Waals surface area contributed by atoms with Crippen LogP contribution in [0.15, 0.2) is 72.8 Å². The highest BCUT2D eigenvalue weighted by atomic mass is 16.5. The zero-order chi connectivity index (χ0) is 19.3. The lowest BCUT2D eigenvalue weighted by molar-refractivity contribution is 0.271. The summed E-state index contributed by atoms with van der Waals surface area (Å²) in [4.78, 5) is 4.77. The maximum atomic E-state index is 6.12. The standard InChI is InChI=1S/C24H24N2O2/c1-18-9-8-10-19(2)24(18)27-16-15-26-22-14-7-6-13-21(22)25-23(26)17-28-20-11-4-3-5-12-20/h3-14H,15-17H2,1-2H3. The number of hydrogen-bond donors (Lipinski definition) is 0. The molecule has 4 aromatic rings. The van der Waals surface area contributed by atoms with Gasteiger partial charge in [-0.1, -0.05) is 48.5 Å². The first-order valence-corrected chi connectivity index (χ1v) is 9.53.